The highest BCUT2D eigenvalue weighted by atomic mass is 32.2. The van der Waals surface area contributed by atoms with E-state index in [1.54, 1.807) is 42.5 Å². The van der Waals surface area contributed by atoms with Gasteiger partial charge in [0.1, 0.15) is 16.5 Å². The van der Waals surface area contributed by atoms with E-state index in [2.05, 4.69) is 11.6 Å². The number of halogens is 1. The zero-order valence-electron chi connectivity index (χ0n) is 19.3. The Kier molecular flexibility index (Phi) is 7.36. The third-order valence-corrected chi connectivity index (χ3v) is 6.99. The SMILES string of the molecule is [CH2]CN(Cc1ccccc1)c1cccc(NS(=O)(=O)c2cc(-c3ccccc3F)ccc2OC)c1. The van der Waals surface area contributed by atoms with E-state index < -0.39 is 15.8 Å². The molecule has 7 heteroatoms. The summed E-state index contributed by atoms with van der Waals surface area (Å²) in [6.07, 6.45) is 0. The van der Waals surface area contributed by atoms with E-state index in [1.165, 1.54) is 25.3 Å². The molecule has 0 amide bonds. The minimum absolute atomic E-state index is 0.0792. The Morgan fingerprint density at radius 1 is 0.914 bits per heavy atom. The lowest BCUT2D eigenvalue weighted by atomic mass is 10.1. The molecule has 0 atom stereocenters. The van der Waals surface area contributed by atoms with E-state index in [0.29, 0.717) is 29.9 Å². The van der Waals surface area contributed by atoms with Crippen molar-refractivity contribution < 1.29 is 17.5 Å². The highest BCUT2D eigenvalue weighted by Gasteiger charge is 2.22. The molecule has 0 aliphatic heterocycles. The van der Waals surface area contributed by atoms with Gasteiger partial charge in [0.15, 0.2) is 0 Å². The molecule has 4 aromatic rings. The van der Waals surface area contributed by atoms with Gasteiger partial charge in [0.2, 0.25) is 0 Å². The van der Waals surface area contributed by atoms with Crippen LogP contribution >= 0.6 is 0 Å². The van der Waals surface area contributed by atoms with Crippen LogP contribution in [0.4, 0.5) is 15.8 Å². The van der Waals surface area contributed by atoms with Crippen molar-refractivity contribution in [2.24, 2.45) is 0 Å². The Morgan fingerprint density at radius 2 is 1.66 bits per heavy atom. The second-order valence-corrected chi connectivity index (χ2v) is 9.56. The zero-order chi connectivity index (χ0) is 24.8. The molecule has 0 unspecified atom stereocenters. The van der Waals surface area contributed by atoms with E-state index in [4.69, 9.17) is 4.74 Å². The summed E-state index contributed by atoms with van der Waals surface area (Å²) in [5.74, 6) is -0.273. The number of benzene rings is 4. The average Bonchev–Trinajstić information content (AvgIpc) is 2.87. The minimum Gasteiger partial charge on any atom is -0.495 e. The van der Waals surface area contributed by atoms with Crippen molar-refractivity contribution in [1.82, 2.24) is 0 Å². The molecule has 0 bridgehead atoms. The molecular formula is C28H26FN2O3S. The van der Waals surface area contributed by atoms with Crippen LogP contribution in [0.15, 0.2) is 102 Å². The Balaban J connectivity index is 1.64. The molecule has 4 aromatic carbocycles. The number of anilines is 2. The third-order valence-electron chi connectivity index (χ3n) is 5.59. The Labute approximate surface area is 205 Å². The number of hydrogen-bond donors (Lipinski definition) is 1. The number of sulfonamides is 1. The molecule has 0 saturated carbocycles. The summed E-state index contributed by atoms with van der Waals surface area (Å²) in [4.78, 5) is 1.97. The van der Waals surface area contributed by atoms with Gasteiger partial charge in [0.05, 0.1) is 12.8 Å². The first-order valence-electron chi connectivity index (χ1n) is 11.0. The monoisotopic (exact) mass is 489 g/mol. The molecule has 0 aliphatic rings. The highest BCUT2D eigenvalue weighted by molar-refractivity contribution is 7.92. The number of nitrogens with zero attached hydrogens (tertiary/aromatic N) is 1. The molecule has 1 N–H and O–H groups in total. The van der Waals surface area contributed by atoms with E-state index in [1.807, 2.05) is 41.3 Å². The average molecular weight is 490 g/mol. The number of methoxy groups -OCH3 is 1. The maximum atomic E-state index is 14.3. The van der Waals surface area contributed by atoms with E-state index in [-0.39, 0.29) is 10.6 Å². The van der Waals surface area contributed by atoms with Crippen LogP contribution < -0.4 is 14.4 Å². The predicted molar refractivity (Wildman–Crippen MR) is 138 cm³/mol. The van der Waals surface area contributed by atoms with Crippen molar-refractivity contribution in [3.05, 3.63) is 115 Å². The third kappa shape index (κ3) is 5.63. The van der Waals surface area contributed by atoms with Gasteiger partial charge in [-0.25, -0.2) is 12.8 Å². The van der Waals surface area contributed by atoms with E-state index in [9.17, 15) is 12.8 Å². The molecule has 5 nitrogen and oxygen atoms in total. The molecule has 35 heavy (non-hydrogen) atoms. The normalized spacial score (nSPS) is 11.2. The largest absolute Gasteiger partial charge is 0.495 e. The quantitative estimate of drug-likeness (QED) is 0.307. The maximum absolute atomic E-state index is 14.3. The van der Waals surface area contributed by atoms with Crippen LogP contribution in [0, 0.1) is 12.7 Å². The first-order chi connectivity index (χ1) is 16.9. The second-order valence-electron chi connectivity index (χ2n) is 7.91. The van der Waals surface area contributed by atoms with Gasteiger partial charge in [-0.1, -0.05) is 60.7 Å². The summed E-state index contributed by atoms with van der Waals surface area (Å²) < 4.78 is 49.0. The Bertz CT molecular complexity index is 1410. The maximum Gasteiger partial charge on any atom is 0.265 e. The summed E-state index contributed by atoms with van der Waals surface area (Å²) >= 11 is 0. The summed E-state index contributed by atoms with van der Waals surface area (Å²) in [5.41, 5.74) is 3.09. The van der Waals surface area contributed by atoms with Crippen molar-refractivity contribution in [3.63, 3.8) is 0 Å². The van der Waals surface area contributed by atoms with Crippen LogP contribution in [0.25, 0.3) is 11.1 Å². The first-order valence-corrected chi connectivity index (χ1v) is 12.5. The number of ether oxygens (including phenoxy) is 1. The fourth-order valence-corrected chi connectivity index (χ4v) is 5.07. The molecule has 1 radical (unpaired) electrons. The summed E-state index contributed by atoms with van der Waals surface area (Å²) in [7, 11) is -2.64. The number of rotatable bonds is 9. The van der Waals surface area contributed by atoms with Gasteiger partial charge in [-0.15, -0.1) is 0 Å². The molecule has 0 aliphatic carbocycles. The van der Waals surface area contributed by atoms with Crippen molar-refractivity contribution >= 4 is 21.4 Å². The lowest BCUT2D eigenvalue weighted by molar-refractivity contribution is 0.403. The molecule has 179 valence electrons. The zero-order valence-corrected chi connectivity index (χ0v) is 20.1. The van der Waals surface area contributed by atoms with Gasteiger partial charge >= 0.3 is 0 Å². The first kappa shape index (κ1) is 24.3. The van der Waals surface area contributed by atoms with Gasteiger partial charge in [-0.05, 0) is 54.4 Å². The van der Waals surface area contributed by atoms with Crippen molar-refractivity contribution in [2.75, 3.05) is 23.3 Å². The summed E-state index contributed by atoms with van der Waals surface area (Å²) in [5, 5.41) is 0. The standard InChI is InChI=1S/C28H26FN2O3S/c1-3-31(20-21-10-5-4-6-11-21)24-13-9-12-23(19-24)30-35(32,33)28-18-22(16-17-27(28)34-2)25-14-7-8-15-26(25)29/h4-19,30H,1,3,20H2,2H3. The van der Waals surface area contributed by atoms with Crippen molar-refractivity contribution in [1.29, 1.82) is 0 Å². The molecule has 0 spiro atoms. The van der Waals surface area contributed by atoms with Gasteiger partial charge in [0, 0.05) is 24.3 Å². The van der Waals surface area contributed by atoms with Crippen molar-refractivity contribution in [2.45, 2.75) is 11.4 Å². The van der Waals surface area contributed by atoms with Gasteiger partial charge in [0.25, 0.3) is 10.0 Å². The van der Waals surface area contributed by atoms with Crippen LogP contribution in [0.1, 0.15) is 5.56 Å². The van der Waals surface area contributed by atoms with E-state index in [0.717, 1.165) is 11.3 Å². The second kappa shape index (κ2) is 10.6. The van der Waals surface area contributed by atoms with Gasteiger partial charge in [-0.3, -0.25) is 4.72 Å². The summed E-state index contributed by atoms with van der Waals surface area (Å²) in [6.45, 7) is 5.16. The molecule has 0 saturated heterocycles. The van der Waals surface area contributed by atoms with E-state index >= 15 is 0 Å². The highest BCUT2D eigenvalue weighted by Crippen LogP contribution is 2.33. The Morgan fingerprint density at radius 3 is 2.37 bits per heavy atom. The van der Waals surface area contributed by atoms with Crippen LogP contribution in [0.3, 0.4) is 0 Å². The Hall–Kier alpha value is -3.84. The molecule has 0 heterocycles. The lowest BCUT2D eigenvalue weighted by Crippen LogP contribution is -2.22. The molecule has 0 aromatic heterocycles. The van der Waals surface area contributed by atoms with Crippen LogP contribution in [-0.2, 0) is 16.6 Å². The number of nitrogens with one attached hydrogen (secondary N) is 1. The minimum atomic E-state index is -4.04. The van der Waals surface area contributed by atoms with Crippen LogP contribution in [-0.4, -0.2) is 22.1 Å². The van der Waals surface area contributed by atoms with Crippen molar-refractivity contribution in [3.8, 4) is 16.9 Å². The van der Waals surface area contributed by atoms with Gasteiger partial charge in [-0.2, -0.15) is 0 Å². The van der Waals surface area contributed by atoms with Crippen LogP contribution in [0.5, 0.6) is 5.75 Å². The summed E-state index contributed by atoms with van der Waals surface area (Å²) in [6, 6.07) is 27.9. The number of hydrogen-bond acceptors (Lipinski definition) is 4. The lowest BCUT2D eigenvalue weighted by Gasteiger charge is -2.24. The molecule has 4 rings (SSSR count). The van der Waals surface area contributed by atoms with Gasteiger partial charge < -0.3 is 9.64 Å². The smallest absolute Gasteiger partial charge is 0.265 e. The molecule has 0 fully saturated rings. The van der Waals surface area contributed by atoms with Crippen LogP contribution in [0.2, 0.25) is 0 Å². The predicted octanol–water partition coefficient (Wildman–Crippen LogP) is 6.14. The fraction of sp³-hybridized carbons (Fsp3) is 0.107. The topological polar surface area (TPSA) is 58.6 Å². The molecular weight excluding hydrogens is 463 g/mol. The fourth-order valence-electron chi connectivity index (χ4n) is 3.83.